The second kappa shape index (κ2) is 6.34. The first-order valence-electron chi connectivity index (χ1n) is 4.42. The lowest BCUT2D eigenvalue weighted by Crippen LogP contribution is -2.33. The van der Waals surface area contributed by atoms with Gasteiger partial charge in [-0.05, 0) is 13.5 Å². The summed E-state index contributed by atoms with van der Waals surface area (Å²) in [6.07, 6.45) is 0.822. The fourth-order valence-corrected chi connectivity index (χ4v) is 2.61. The van der Waals surface area contributed by atoms with Crippen molar-refractivity contribution in [2.45, 2.75) is 19.4 Å². The van der Waals surface area contributed by atoms with Crippen LogP contribution in [0.5, 0.6) is 0 Å². The van der Waals surface area contributed by atoms with Crippen molar-refractivity contribution < 1.29 is 13.2 Å². The van der Waals surface area contributed by atoms with Crippen molar-refractivity contribution in [3.63, 3.8) is 0 Å². The van der Waals surface area contributed by atoms with E-state index >= 15 is 0 Å². The van der Waals surface area contributed by atoms with Crippen LogP contribution in [-0.2, 0) is 14.6 Å². The summed E-state index contributed by atoms with van der Waals surface area (Å²) >= 11 is 0. The molecule has 0 aliphatic rings. The molecule has 0 saturated carbocycles. The van der Waals surface area contributed by atoms with E-state index in [1.165, 1.54) is 7.11 Å². The maximum atomic E-state index is 11.4. The Balaban J connectivity index is 4.00. The van der Waals surface area contributed by atoms with E-state index in [0.29, 0.717) is 0 Å². The summed E-state index contributed by atoms with van der Waals surface area (Å²) in [5.41, 5.74) is 0. The minimum Gasteiger partial charge on any atom is -0.384 e. The maximum absolute atomic E-state index is 11.4. The van der Waals surface area contributed by atoms with E-state index in [1.54, 1.807) is 7.05 Å². The van der Waals surface area contributed by atoms with Crippen LogP contribution < -0.4 is 5.32 Å². The highest BCUT2D eigenvalue weighted by molar-refractivity contribution is 7.91. The zero-order valence-electron chi connectivity index (χ0n) is 8.54. The van der Waals surface area contributed by atoms with Crippen LogP contribution in [-0.4, -0.2) is 46.7 Å². The number of rotatable bonds is 7. The molecule has 0 aliphatic carbocycles. The molecule has 80 valence electrons. The predicted octanol–water partition coefficient (Wildman–Crippen LogP) is 0.0456. The van der Waals surface area contributed by atoms with Crippen molar-refractivity contribution >= 4 is 9.84 Å². The first-order valence-corrected chi connectivity index (χ1v) is 6.24. The van der Waals surface area contributed by atoms with Crippen LogP contribution >= 0.6 is 0 Å². The van der Waals surface area contributed by atoms with E-state index in [-0.39, 0.29) is 24.2 Å². The minimum absolute atomic E-state index is 0.0573. The summed E-state index contributed by atoms with van der Waals surface area (Å²) in [5.74, 6) is 0.311. The summed E-state index contributed by atoms with van der Waals surface area (Å²) in [6.45, 7) is 2.25. The van der Waals surface area contributed by atoms with Gasteiger partial charge in [-0.15, -0.1) is 0 Å². The van der Waals surface area contributed by atoms with Crippen LogP contribution in [0, 0.1) is 0 Å². The van der Waals surface area contributed by atoms with Crippen molar-refractivity contribution in [1.29, 1.82) is 0 Å². The van der Waals surface area contributed by atoms with E-state index in [0.717, 1.165) is 6.42 Å². The Morgan fingerprint density at radius 2 is 2.08 bits per heavy atom. The predicted molar refractivity (Wildman–Crippen MR) is 53.7 cm³/mol. The van der Waals surface area contributed by atoms with Crippen LogP contribution in [0.25, 0.3) is 0 Å². The van der Waals surface area contributed by atoms with Gasteiger partial charge in [-0.1, -0.05) is 6.92 Å². The second-order valence-electron chi connectivity index (χ2n) is 3.00. The topological polar surface area (TPSA) is 55.4 Å². The van der Waals surface area contributed by atoms with Gasteiger partial charge in [-0.3, -0.25) is 0 Å². The Bertz CT molecular complexity index is 209. The third kappa shape index (κ3) is 6.01. The molecule has 1 N–H and O–H groups in total. The average molecular weight is 209 g/mol. The van der Waals surface area contributed by atoms with Crippen molar-refractivity contribution in [2.24, 2.45) is 0 Å². The molecule has 0 aliphatic heterocycles. The van der Waals surface area contributed by atoms with Gasteiger partial charge in [0.05, 0.1) is 18.1 Å². The molecule has 1 unspecified atom stereocenters. The van der Waals surface area contributed by atoms with Gasteiger partial charge in [0.2, 0.25) is 0 Å². The zero-order chi connectivity index (χ0) is 10.3. The van der Waals surface area contributed by atoms with Gasteiger partial charge in [-0.25, -0.2) is 8.42 Å². The van der Waals surface area contributed by atoms with Crippen LogP contribution in [0.3, 0.4) is 0 Å². The van der Waals surface area contributed by atoms with Crippen LogP contribution in [0.15, 0.2) is 0 Å². The molecule has 0 aromatic rings. The molecule has 4 nitrogen and oxygen atoms in total. The fourth-order valence-electron chi connectivity index (χ4n) is 1.01. The number of hydrogen-bond donors (Lipinski definition) is 1. The number of sulfone groups is 1. The van der Waals surface area contributed by atoms with E-state index < -0.39 is 9.84 Å². The highest BCUT2D eigenvalue weighted by Gasteiger charge is 2.15. The maximum Gasteiger partial charge on any atom is 0.154 e. The Morgan fingerprint density at radius 1 is 1.46 bits per heavy atom. The molecule has 0 radical (unpaired) electrons. The highest BCUT2D eigenvalue weighted by Crippen LogP contribution is 1.98. The average Bonchev–Trinajstić information content (AvgIpc) is 2.11. The van der Waals surface area contributed by atoms with Crippen LogP contribution in [0.2, 0.25) is 0 Å². The number of hydrogen-bond acceptors (Lipinski definition) is 4. The number of nitrogens with one attached hydrogen (secondary N) is 1. The van der Waals surface area contributed by atoms with Gasteiger partial charge in [0.25, 0.3) is 0 Å². The summed E-state index contributed by atoms with van der Waals surface area (Å²) < 4.78 is 27.5. The molecule has 0 amide bonds. The minimum atomic E-state index is -2.95. The summed E-state index contributed by atoms with van der Waals surface area (Å²) in [5, 5.41) is 2.96. The molecule has 0 fully saturated rings. The number of ether oxygens (including phenoxy) is 1. The van der Waals surface area contributed by atoms with Gasteiger partial charge in [0.1, 0.15) is 0 Å². The Labute approximate surface area is 80.6 Å². The lowest BCUT2D eigenvalue weighted by molar-refractivity contribution is 0.217. The van der Waals surface area contributed by atoms with Gasteiger partial charge in [0.15, 0.2) is 9.84 Å². The SMILES string of the molecule is CCC(CS(=O)(=O)CCOC)NC. The molecule has 0 saturated heterocycles. The van der Waals surface area contributed by atoms with Crippen molar-refractivity contribution in [3.8, 4) is 0 Å². The van der Waals surface area contributed by atoms with E-state index in [4.69, 9.17) is 4.74 Å². The molecule has 1 atom stereocenters. The number of methoxy groups -OCH3 is 1. The Morgan fingerprint density at radius 3 is 2.46 bits per heavy atom. The first kappa shape index (κ1) is 12.9. The van der Waals surface area contributed by atoms with Crippen molar-refractivity contribution in [2.75, 3.05) is 32.3 Å². The Hall–Kier alpha value is -0.130. The standard InChI is InChI=1S/C8H19NO3S/c1-4-8(9-2)7-13(10,11)6-5-12-3/h8-9H,4-7H2,1-3H3. The monoisotopic (exact) mass is 209 g/mol. The van der Waals surface area contributed by atoms with E-state index in [2.05, 4.69) is 5.32 Å². The summed E-state index contributed by atoms with van der Waals surface area (Å²) in [4.78, 5) is 0. The molecule has 0 aromatic heterocycles. The fraction of sp³-hybridized carbons (Fsp3) is 1.00. The normalized spacial score (nSPS) is 14.4. The molecule has 0 rings (SSSR count). The lowest BCUT2D eigenvalue weighted by atomic mass is 10.3. The summed E-state index contributed by atoms with van der Waals surface area (Å²) in [7, 11) is 0.328. The molecule has 0 heterocycles. The summed E-state index contributed by atoms with van der Waals surface area (Å²) in [6, 6.07) is 0.0573. The van der Waals surface area contributed by atoms with Crippen LogP contribution in [0.4, 0.5) is 0 Å². The van der Waals surface area contributed by atoms with Gasteiger partial charge < -0.3 is 10.1 Å². The molecular weight excluding hydrogens is 190 g/mol. The quantitative estimate of drug-likeness (QED) is 0.643. The molecule has 0 aromatic carbocycles. The van der Waals surface area contributed by atoms with E-state index in [1.807, 2.05) is 6.92 Å². The van der Waals surface area contributed by atoms with Crippen LogP contribution in [0.1, 0.15) is 13.3 Å². The smallest absolute Gasteiger partial charge is 0.154 e. The van der Waals surface area contributed by atoms with Gasteiger partial charge in [-0.2, -0.15) is 0 Å². The molecule has 0 spiro atoms. The molecular formula is C8H19NO3S. The van der Waals surface area contributed by atoms with Gasteiger partial charge >= 0.3 is 0 Å². The van der Waals surface area contributed by atoms with Crippen molar-refractivity contribution in [1.82, 2.24) is 5.32 Å². The third-order valence-electron chi connectivity index (χ3n) is 1.95. The zero-order valence-corrected chi connectivity index (χ0v) is 9.36. The van der Waals surface area contributed by atoms with Crippen molar-refractivity contribution in [3.05, 3.63) is 0 Å². The van der Waals surface area contributed by atoms with E-state index in [9.17, 15) is 8.42 Å². The first-order chi connectivity index (χ1) is 6.05. The highest BCUT2D eigenvalue weighted by atomic mass is 32.2. The second-order valence-corrected chi connectivity index (χ2v) is 5.23. The lowest BCUT2D eigenvalue weighted by Gasteiger charge is -2.13. The third-order valence-corrected chi connectivity index (χ3v) is 3.65. The largest absolute Gasteiger partial charge is 0.384 e. The van der Waals surface area contributed by atoms with Gasteiger partial charge in [0, 0.05) is 13.2 Å². The Kier molecular flexibility index (Phi) is 6.28. The molecule has 5 heteroatoms. The molecule has 0 bridgehead atoms. The molecule has 13 heavy (non-hydrogen) atoms.